The molecule has 1 atom stereocenters. The lowest BCUT2D eigenvalue weighted by Gasteiger charge is -2.37. The molecule has 0 bridgehead atoms. The first-order valence-corrected chi connectivity index (χ1v) is 13.4. The number of hydrogen-bond donors (Lipinski definition) is 1. The van der Waals surface area contributed by atoms with Crippen molar-refractivity contribution in [3.63, 3.8) is 0 Å². The van der Waals surface area contributed by atoms with Gasteiger partial charge in [0.15, 0.2) is 0 Å². The van der Waals surface area contributed by atoms with Crippen LogP contribution in [0.5, 0.6) is 0 Å². The molecule has 3 aromatic rings. The van der Waals surface area contributed by atoms with Crippen molar-refractivity contribution in [3.8, 4) is 10.7 Å². The Balaban J connectivity index is 1.42. The van der Waals surface area contributed by atoms with Crippen LogP contribution in [-0.2, 0) is 16.1 Å². The molecular formula is C25H31N7O2S. The number of tetrazole rings is 1. The molecule has 9 nitrogen and oxygen atoms in total. The first-order valence-electron chi connectivity index (χ1n) is 12.5. The molecule has 0 saturated heterocycles. The zero-order chi connectivity index (χ0) is 24.0. The lowest BCUT2D eigenvalue weighted by Crippen LogP contribution is -2.51. The van der Waals surface area contributed by atoms with Gasteiger partial charge in [0.2, 0.25) is 17.6 Å². The minimum atomic E-state index is -0.712. The van der Waals surface area contributed by atoms with Crippen molar-refractivity contribution < 1.29 is 9.59 Å². The minimum Gasteiger partial charge on any atom is -0.351 e. The van der Waals surface area contributed by atoms with E-state index in [9.17, 15) is 9.59 Å². The largest absolute Gasteiger partial charge is 0.351 e. The maximum Gasteiger partial charge on any atom is 0.247 e. The van der Waals surface area contributed by atoms with Gasteiger partial charge in [0, 0.05) is 24.5 Å². The van der Waals surface area contributed by atoms with Crippen LogP contribution in [0.2, 0.25) is 0 Å². The van der Waals surface area contributed by atoms with Crippen molar-refractivity contribution in [2.24, 2.45) is 0 Å². The molecule has 10 heteroatoms. The van der Waals surface area contributed by atoms with Crippen molar-refractivity contribution in [3.05, 3.63) is 47.6 Å². The Hall–Kier alpha value is -3.14. The Kier molecular flexibility index (Phi) is 7.46. The molecule has 2 saturated carbocycles. The number of carbonyl (C=O) groups is 2. The van der Waals surface area contributed by atoms with Gasteiger partial charge in [-0.3, -0.25) is 14.6 Å². The topological polar surface area (TPSA) is 106 Å². The van der Waals surface area contributed by atoms with Crippen molar-refractivity contribution >= 4 is 23.2 Å². The highest BCUT2D eigenvalue weighted by Crippen LogP contribution is 2.32. The molecule has 0 aliphatic heterocycles. The Morgan fingerprint density at radius 1 is 1.06 bits per heavy atom. The summed E-state index contributed by atoms with van der Waals surface area (Å²) in [6, 6.07) is 6.97. The van der Waals surface area contributed by atoms with Crippen LogP contribution < -0.4 is 5.32 Å². The lowest BCUT2D eigenvalue weighted by atomic mass is 9.94. The fraction of sp³-hybridized carbons (Fsp3) is 0.520. The lowest BCUT2D eigenvalue weighted by molar-refractivity contribution is -0.144. The second kappa shape index (κ2) is 11.1. The molecular weight excluding hydrogens is 462 g/mol. The number of amides is 2. The standard InChI is InChI=1S/C25H31N7O2S/c33-22(17-31-29-24(28-30-31)21-11-6-16-35-21)32(20-9-4-5-10-20)23(18-12-14-26-15-13-18)25(34)27-19-7-2-1-3-8-19/h6,11-16,19-20,23H,1-5,7-10,17H2,(H,27,34)/t23-/m1/s1. The van der Waals surface area contributed by atoms with E-state index in [0.717, 1.165) is 61.8 Å². The van der Waals surface area contributed by atoms with Crippen LogP contribution in [0.15, 0.2) is 42.0 Å². The van der Waals surface area contributed by atoms with Crippen LogP contribution >= 0.6 is 11.3 Å². The number of hydrogen-bond acceptors (Lipinski definition) is 7. The molecule has 2 aliphatic rings. The maximum atomic E-state index is 13.8. The number of thiophene rings is 1. The van der Waals surface area contributed by atoms with Crippen LogP contribution in [0.25, 0.3) is 10.7 Å². The highest BCUT2D eigenvalue weighted by atomic mass is 32.1. The predicted octanol–water partition coefficient (Wildman–Crippen LogP) is 3.76. The van der Waals surface area contributed by atoms with Gasteiger partial charge in [0.05, 0.1) is 4.88 Å². The van der Waals surface area contributed by atoms with Gasteiger partial charge in [-0.1, -0.05) is 38.2 Å². The quantitative estimate of drug-likeness (QED) is 0.512. The second-order valence-corrected chi connectivity index (χ2v) is 10.3. The van der Waals surface area contributed by atoms with E-state index in [1.165, 1.54) is 22.6 Å². The van der Waals surface area contributed by atoms with Gasteiger partial charge in [-0.2, -0.15) is 4.80 Å². The zero-order valence-electron chi connectivity index (χ0n) is 19.8. The third-order valence-electron chi connectivity index (χ3n) is 6.98. The van der Waals surface area contributed by atoms with E-state index in [1.807, 2.05) is 29.6 Å². The summed E-state index contributed by atoms with van der Waals surface area (Å²) < 4.78 is 0. The van der Waals surface area contributed by atoms with Gasteiger partial charge in [0.25, 0.3) is 0 Å². The molecule has 0 spiro atoms. The Bertz CT molecular complexity index is 1110. The fourth-order valence-corrected chi connectivity index (χ4v) is 5.92. The molecule has 2 aliphatic carbocycles. The molecule has 5 rings (SSSR count). The zero-order valence-corrected chi connectivity index (χ0v) is 20.6. The van der Waals surface area contributed by atoms with Crippen molar-refractivity contribution in [2.45, 2.75) is 82.5 Å². The summed E-state index contributed by atoms with van der Waals surface area (Å²) in [5, 5.41) is 17.9. The van der Waals surface area contributed by atoms with E-state index in [0.29, 0.717) is 5.82 Å². The van der Waals surface area contributed by atoms with E-state index < -0.39 is 6.04 Å². The van der Waals surface area contributed by atoms with E-state index >= 15 is 0 Å². The number of carbonyl (C=O) groups excluding carboxylic acids is 2. The van der Waals surface area contributed by atoms with Gasteiger partial charge >= 0.3 is 0 Å². The highest BCUT2D eigenvalue weighted by molar-refractivity contribution is 7.13. The second-order valence-electron chi connectivity index (χ2n) is 9.39. The molecule has 0 unspecified atom stereocenters. The van der Waals surface area contributed by atoms with E-state index in [4.69, 9.17) is 0 Å². The number of rotatable bonds is 8. The number of nitrogens with one attached hydrogen (secondary N) is 1. The van der Waals surface area contributed by atoms with Gasteiger partial charge in [-0.25, -0.2) is 0 Å². The third-order valence-corrected chi connectivity index (χ3v) is 7.84. The average molecular weight is 494 g/mol. The normalized spacial score (nSPS) is 17.8. The minimum absolute atomic E-state index is 0.00180. The Morgan fingerprint density at radius 2 is 1.80 bits per heavy atom. The van der Waals surface area contributed by atoms with Crippen molar-refractivity contribution in [1.82, 2.24) is 35.4 Å². The fourth-order valence-electron chi connectivity index (χ4n) is 5.27. The summed E-state index contributed by atoms with van der Waals surface area (Å²) in [4.78, 5) is 35.7. The summed E-state index contributed by atoms with van der Waals surface area (Å²) in [6.07, 6.45) is 12.7. The van der Waals surface area contributed by atoms with Crippen molar-refractivity contribution in [2.75, 3.05) is 0 Å². The maximum absolute atomic E-state index is 13.8. The molecule has 0 radical (unpaired) electrons. The monoisotopic (exact) mass is 493 g/mol. The van der Waals surface area contributed by atoms with E-state index in [2.05, 4.69) is 25.7 Å². The Labute approximate surface area is 208 Å². The van der Waals surface area contributed by atoms with Gasteiger partial charge < -0.3 is 10.2 Å². The molecule has 2 fully saturated rings. The van der Waals surface area contributed by atoms with Gasteiger partial charge in [-0.05, 0) is 60.0 Å². The Morgan fingerprint density at radius 3 is 2.51 bits per heavy atom. The predicted molar refractivity (Wildman–Crippen MR) is 132 cm³/mol. The summed E-state index contributed by atoms with van der Waals surface area (Å²) in [6.45, 7) is -0.0623. The molecule has 3 aromatic heterocycles. The van der Waals surface area contributed by atoms with Crippen LogP contribution in [0.3, 0.4) is 0 Å². The van der Waals surface area contributed by atoms with Crippen LogP contribution in [0.4, 0.5) is 0 Å². The molecule has 1 N–H and O–H groups in total. The third kappa shape index (κ3) is 5.58. The number of pyridine rings is 1. The number of nitrogens with zero attached hydrogens (tertiary/aromatic N) is 6. The summed E-state index contributed by atoms with van der Waals surface area (Å²) >= 11 is 1.52. The molecule has 0 aromatic carbocycles. The SMILES string of the molecule is O=C(NC1CCCCC1)[C@@H](c1ccncc1)N(C(=O)Cn1nnc(-c2cccs2)n1)C1CCCC1. The summed E-state index contributed by atoms with van der Waals surface area (Å²) in [5.41, 5.74) is 0.777. The summed E-state index contributed by atoms with van der Waals surface area (Å²) in [5.74, 6) is 0.211. The highest BCUT2D eigenvalue weighted by Gasteiger charge is 2.38. The average Bonchev–Trinajstić information content (AvgIpc) is 3.66. The van der Waals surface area contributed by atoms with E-state index in [1.54, 1.807) is 17.3 Å². The van der Waals surface area contributed by atoms with Gasteiger partial charge in [0.1, 0.15) is 12.6 Å². The van der Waals surface area contributed by atoms with Crippen LogP contribution in [-0.4, -0.2) is 54.0 Å². The molecule has 3 heterocycles. The molecule has 2 amide bonds. The molecule has 184 valence electrons. The van der Waals surface area contributed by atoms with E-state index in [-0.39, 0.29) is 30.4 Å². The first kappa shape index (κ1) is 23.6. The molecule has 35 heavy (non-hydrogen) atoms. The summed E-state index contributed by atoms with van der Waals surface area (Å²) in [7, 11) is 0. The number of aromatic nitrogens is 5. The van der Waals surface area contributed by atoms with Crippen LogP contribution in [0.1, 0.15) is 69.4 Å². The van der Waals surface area contributed by atoms with Crippen LogP contribution in [0, 0.1) is 0 Å². The van der Waals surface area contributed by atoms with Gasteiger partial charge in [-0.15, -0.1) is 21.5 Å². The first-order chi connectivity index (χ1) is 17.2. The van der Waals surface area contributed by atoms with Crippen molar-refractivity contribution in [1.29, 1.82) is 0 Å². The smallest absolute Gasteiger partial charge is 0.247 e.